The Hall–Kier alpha value is -2.84. The van der Waals surface area contributed by atoms with E-state index >= 15 is 0 Å². The maximum absolute atomic E-state index is 6.19. The Morgan fingerprint density at radius 1 is 1.21 bits per heavy atom. The molecule has 8 heteroatoms. The highest BCUT2D eigenvalue weighted by Gasteiger charge is 2.21. The van der Waals surface area contributed by atoms with Gasteiger partial charge in [0.1, 0.15) is 11.6 Å². The molecule has 0 unspecified atom stereocenters. The molecule has 0 fully saturated rings. The molecule has 2 aromatic heterocycles. The monoisotopic (exact) mass is 441 g/mol. The summed E-state index contributed by atoms with van der Waals surface area (Å²) < 4.78 is 0.914. The molecule has 0 bridgehead atoms. The van der Waals surface area contributed by atoms with E-state index in [1.165, 1.54) is 5.56 Å². The van der Waals surface area contributed by atoms with Crippen LogP contribution in [-0.2, 0) is 13.0 Å². The fraction of sp³-hybridized carbons (Fsp3) is 0.200. The Morgan fingerprint density at radius 2 is 1.93 bits per heavy atom. The highest BCUT2D eigenvalue weighted by atomic mass is 79.9. The van der Waals surface area contributed by atoms with Crippen LogP contribution in [-0.4, -0.2) is 28.1 Å². The topological polar surface area (TPSA) is 91.1 Å². The normalized spacial score (nSPS) is 14.3. The summed E-state index contributed by atoms with van der Waals surface area (Å²) in [6, 6.07) is 7.94. The molecule has 28 heavy (non-hydrogen) atoms. The van der Waals surface area contributed by atoms with Crippen LogP contribution in [0.3, 0.4) is 0 Å². The average Bonchev–Trinajstić information content (AvgIpc) is 3.05. The van der Waals surface area contributed by atoms with Crippen LogP contribution in [0.5, 0.6) is 0 Å². The van der Waals surface area contributed by atoms with Crippen molar-refractivity contribution in [2.24, 2.45) is 5.73 Å². The summed E-state index contributed by atoms with van der Waals surface area (Å²) in [5, 5.41) is 8.56. The summed E-state index contributed by atoms with van der Waals surface area (Å²) in [4.78, 5) is 8.29. The molecule has 1 aliphatic heterocycles. The number of halogens is 1. The third kappa shape index (κ3) is 5.58. The minimum Gasteiger partial charge on any atom is -0.385 e. The van der Waals surface area contributed by atoms with Crippen molar-refractivity contribution in [2.75, 3.05) is 13.1 Å². The third-order valence-electron chi connectivity index (χ3n) is 4.15. The molecule has 0 atom stereocenters. The van der Waals surface area contributed by atoms with E-state index in [1.54, 1.807) is 12.4 Å². The van der Waals surface area contributed by atoms with Gasteiger partial charge in [0.2, 0.25) is 0 Å². The van der Waals surface area contributed by atoms with E-state index in [-0.39, 0.29) is 0 Å². The molecule has 146 valence electrons. The summed E-state index contributed by atoms with van der Waals surface area (Å²) in [5.74, 6) is 1.42. The van der Waals surface area contributed by atoms with Crippen LogP contribution >= 0.6 is 15.9 Å². The minimum atomic E-state index is 0.617. The molecule has 0 aliphatic carbocycles. The van der Waals surface area contributed by atoms with E-state index in [1.807, 2.05) is 41.7 Å². The van der Waals surface area contributed by atoms with Crippen molar-refractivity contribution in [3.8, 4) is 0 Å². The standard InChI is InChI=1S/C20H24BrN7/c1-15(25-9-6-16-4-2-7-23-11-16)10-19(28-20(22)18(21)14-27-28)26-13-17-5-3-8-24-12-17/h2-5,7-8,10-12,25-27H,1,6,9,13-14,22H2/b19-10-. The largest absolute Gasteiger partial charge is 0.385 e. The van der Waals surface area contributed by atoms with Crippen LogP contribution in [0, 0.1) is 0 Å². The molecule has 0 saturated carbocycles. The van der Waals surface area contributed by atoms with E-state index in [0.29, 0.717) is 18.9 Å². The molecule has 5 N–H and O–H groups in total. The quantitative estimate of drug-likeness (QED) is 0.442. The number of aromatic nitrogens is 2. The molecule has 1 aliphatic rings. The lowest BCUT2D eigenvalue weighted by Crippen LogP contribution is -2.39. The van der Waals surface area contributed by atoms with Crippen LogP contribution < -0.4 is 21.8 Å². The van der Waals surface area contributed by atoms with Crippen molar-refractivity contribution >= 4 is 15.9 Å². The molecule has 0 aromatic carbocycles. The molecular weight excluding hydrogens is 418 g/mol. The van der Waals surface area contributed by atoms with Gasteiger partial charge < -0.3 is 16.4 Å². The van der Waals surface area contributed by atoms with Crippen LogP contribution in [0.1, 0.15) is 11.1 Å². The van der Waals surface area contributed by atoms with E-state index in [4.69, 9.17) is 5.73 Å². The summed E-state index contributed by atoms with van der Waals surface area (Å²) >= 11 is 3.48. The summed E-state index contributed by atoms with van der Waals surface area (Å²) in [6.45, 7) is 6.14. The van der Waals surface area contributed by atoms with E-state index in [9.17, 15) is 0 Å². The zero-order valence-corrected chi connectivity index (χ0v) is 17.1. The molecule has 0 saturated heterocycles. The maximum atomic E-state index is 6.19. The smallest absolute Gasteiger partial charge is 0.131 e. The van der Waals surface area contributed by atoms with Crippen LogP contribution in [0.15, 0.2) is 83.5 Å². The highest BCUT2D eigenvalue weighted by Crippen LogP contribution is 2.19. The molecule has 0 spiro atoms. The third-order valence-corrected chi connectivity index (χ3v) is 4.83. The van der Waals surface area contributed by atoms with Crippen LogP contribution in [0.2, 0.25) is 0 Å². The van der Waals surface area contributed by atoms with Crippen molar-refractivity contribution in [3.63, 3.8) is 0 Å². The van der Waals surface area contributed by atoms with E-state index in [0.717, 1.165) is 34.5 Å². The molecule has 0 radical (unpaired) electrons. The van der Waals surface area contributed by atoms with Crippen molar-refractivity contribution in [1.29, 1.82) is 0 Å². The van der Waals surface area contributed by atoms with Gasteiger partial charge in [0.05, 0.1) is 11.0 Å². The number of pyridine rings is 2. The summed E-state index contributed by atoms with van der Waals surface area (Å²) in [7, 11) is 0. The van der Waals surface area contributed by atoms with Crippen molar-refractivity contribution < 1.29 is 0 Å². The zero-order valence-electron chi connectivity index (χ0n) is 15.5. The highest BCUT2D eigenvalue weighted by molar-refractivity contribution is 9.11. The van der Waals surface area contributed by atoms with Gasteiger partial charge in [0, 0.05) is 49.6 Å². The SMILES string of the molecule is C=C(/C=C(/NCc1cccnc1)N1NCC(Br)=C1N)NCCc1cccnc1. The number of hydrogen-bond acceptors (Lipinski definition) is 7. The van der Waals surface area contributed by atoms with Crippen molar-refractivity contribution in [1.82, 2.24) is 31.0 Å². The number of hydrazine groups is 1. The Morgan fingerprint density at radius 3 is 2.54 bits per heavy atom. The van der Waals surface area contributed by atoms with Gasteiger partial charge in [0.15, 0.2) is 0 Å². The molecule has 3 rings (SSSR count). The first-order valence-corrected chi connectivity index (χ1v) is 9.76. The Balaban J connectivity index is 1.63. The second-order valence-electron chi connectivity index (χ2n) is 6.27. The number of allylic oxidation sites excluding steroid dienone is 1. The van der Waals surface area contributed by atoms with Gasteiger partial charge in [-0.2, -0.15) is 0 Å². The Labute approximate surface area is 173 Å². The van der Waals surface area contributed by atoms with Gasteiger partial charge in [-0.3, -0.25) is 9.97 Å². The zero-order chi connectivity index (χ0) is 19.8. The van der Waals surface area contributed by atoms with Gasteiger partial charge in [0.25, 0.3) is 0 Å². The number of nitrogens with two attached hydrogens (primary N) is 1. The fourth-order valence-electron chi connectivity index (χ4n) is 2.68. The first kappa shape index (κ1) is 19.9. The molecule has 7 nitrogen and oxygen atoms in total. The number of nitrogens with zero attached hydrogens (tertiary/aromatic N) is 3. The van der Waals surface area contributed by atoms with E-state index < -0.39 is 0 Å². The average molecular weight is 442 g/mol. The van der Waals surface area contributed by atoms with E-state index in [2.05, 4.69) is 54.6 Å². The lowest BCUT2D eigenvalue weighted by Gasteiger charge is -2.24. The molecule has 0 amide bonds. The fourth-order valence-corrected chi connectivity index (χ4v) is 2.98. The van der Waals surface area contributed by atoms with Gasteiger partial charge in [-0.1, -0.05) is 34.6 Å². The number of rotatable bonds is 9. The summed E-state index contributed by atoms with van der Waals surface area (Å²) in [5.41, 5.74) is 12.5. The molecular formula is C20H24BrN7. The van der Waals surface area contributed by atoms with Crippen molar-refractivity contribution in [2.45, 2.75) is 13.0 Å². The maximum Gasteiger partial charge on any atom is 0.131 e. The van der Waals surface area contributed by atoms with Crippen LogP contribution in [0.4, 0.5) is 0 Å². The first-order valence-electron chi connectivity index (χ1n) is 8.97. The minimum absolute atomic E-state index is 0.617. The Bertz CT molecular complexity index is 849. The van der Waals surface area contributed by atoms with Gasteiger partial charge >= 0.3 is 0 Å². The number of nitrogens with one attached hydrogen (secondary N) is 3. The second-order valence-corrected chi connectivity index (χ2v) is 7.23. The van der Waals surface area contributed by atoms with Gasteiger partial charge in [-0.15, -0.1) is 0 Å². The van der Waals surface area contributed by atoms with Gasteiger partial charge in [-0.05, 0) is 29.7 Å². The molecule has 2 aromatic rings. The molecule has 3 heterocycles. The van der Waals surface area contributed by atoms with Crippen molar-refractivity contribution in [3.05, 3.63) is 94.7 Å². The first-order chi connectivity index (χ1) is 13.6. The summed E-state index contributed by atoms with van der Waals surface area (Å²) in [6.07, 6.45) is 10.0. The van der Waals surface area contributed by atoms with Crippen LogP contribution in [0.25, 0.3) is 0 Å². The predicted molar refractivity (Wildman–Crippen MR) is 114 cm³/mol. The predicted octanol–water partition coefficient (Wildman–Crippen LogP) is 2.10. The van der Waals surface area contributed by atoms with Gasteiger partial charge in [-0.25, -0.2) is 10.4 Å². The lowest BCUT2D eigenvalue weighted by atomic mass is 10.2. The Kier molecular flexibility index (Phi) is 7.05. The number of hydrogen-bond donors (Lipinski definition) is 4. The second kappa shape index (κ2) is 9.91. The lowest BCUT2D eigenvalue weighted by molar-refractivity contribution is 0.324.